The average Bonchev–Trinajstić information content (AvgIpc) is 2.39. The van der Waals surface area contributed by atoms with Gasteiger partial charge in [-0.25, -0.2) is 0 Å². The van der Waals surface area contributed by atoms with Gasteiger partial charge in [0, 0.05) is 6.42 Å². The van der Waals surface area contributed by atoms with Gasteiger partial charge in [0.1, 0.15) is 0 Å². The van der Waals surface area contributed by atoms with Crippen LogP contribution in [0.2, 0.25) is 0 Å². The van der Waals surface area contributed by atoms with E-state index >= 15 is 0 Å². The predicted molar refractivity (Wildman–Crippen MR) is 73.8 cm³/mol. The van der Waals surface area contributed by atoms with E-state index in [-0.39, 0.29) is 18.4 Å². The standard InChI is InChI=1S/C15H20N2O/c1-4-6-14(16)15(18)17-11(3)13-9-7-12(5-2)8-10-13/h1,7-11,14H,5-6,16H2,2-3H3,(H,17,18). The van der Waals surface area contributed by atoms with Crippen molar-refractivity contribution in [1.82, 2.24) is 5.32 Å². The minimum Gasteiger partial charge on any atom is -0.348 e. The third kappa shape index (κ3) is 3.90. The van der Waals surface area contributed by atoms with E-state index in [0.29, 0.717) is 0 Å². The van der Waals surface area contributed by atoms with Crippen LogP contribution in [-0.2, 0) is 11.2 Å². The van der Waals surface area contributed by atoms with Crippen LogP contribution in [0.1, 0.15) is 37.4 Å². The van der Waals surface area contributed by atoms with Gasteiger partial charge in [-0.1, -0.05) is 31.2 Å². The smallest absolute Gasteiger partial charge is 0.238 e. The quantitative estimate of drug-likeness (QED) is 0.776. The lowest BCUT2D eigenvalue weighted by Gasteiger charge is -2.17. The zero-order valence-corrected chi connectivity index (χ0v) is 10.9. The van der Waals surface area contributed by atoms with Gasteiger partial charge in [0.2, 0.25) is 5.91 Å². The first-order valence-corrected chi connectivity index (χ1v) is 6.16. The van der Waals surface area contributed by atoms with Crippen LogP contribution in [-0.4, -0.2) is 11.9 Å². The van der Waals surface area contributed by atoms with E-state index in [1.165, 1.54) is 5.56 Å². The van der Waals surface area contributed by atoms with E-state index in [9.17, 15) is 4.79 Å². The van der Waals surface area contributed by atoms with E-state index in [0.717, 1.165) is 12.0 Å². The molecule has 1 amide bonds. The number of amides is 1. The Morgan fingerprint density at radius 1 is 1.44 bits per heavy atom. The summed E-state index contributed by atoms with van der Waals surface area (Å²) < 4.78 is 0. The SMILES string of the molecule is C#CCC(N)C(=O)NC(C)c1ccc(CC)cc1. The summed E-state index contributed by atoms with van der Waals surface area (Å²) in [6, 6.07) is 7.49. The highest BCUT2D eigenvalue weighted by atomic mass is 16.2. The Balaban J connectivity index is 2.61. The number of rotatable bonds is 5. The molecule has 2 atom stereocenters. The number of hydrogen-bond donors (Lipinski definition) is 2. The van der Waals surface area contributed by atoms with Gasteiger partial charge in [-0.2, -0.15) is 0 Å². The van der Waals surface area contributed by atoms with Crippen molar-refractivity contribution in [3.63, 3.8) is 0 Å². The Morgan fingerprint density at radius 2 is 2.06 bits per heavy atom. The molecule has 3 N–H and O–H groups in total. The molecule has 0 bridgehead atoms. The zero-order valence-electron chi connectivity index (χ0n) is 10.9. The molecule has 1 aromatic rings. The Bertz CT molecular complexity index is 431. The molecular formula is C15H20N2O. The minimum absolute atomic E-state index is 0.0627. The van der Waals surface area contributed by atoms with Crippen LogP contribution < -0.4 is 11.1 Å². The third-order valence-electron chi connectivity index (χ3n) is 2.92. The van der Waals surface area contributed by atoms with Crippen LogP contribution in [0.5, 0.6) is 0 Å². The highest BCUT2D eigenvalue weighted by molar-refractivity contribution is 5.82. The molecule has 0 saturated heterocycles. The molecule has 3 nitrogen and oxygen atoms in total. The van der Waals surface area contributed by atoms with Gasteiger partial charge < -0.3 is 11.1 Å². The van der Waals surface area contributed by atoms with E-state index in [1.54, 1.807) is 0 Å². The molecule has 0 aliphatic heterocycles. The number of aryl methyl sites for hydroxylation is 1. The number of hydrogen-bond acceptors (Lipinski definition) is 2. The molecular weight excluding hydrogens is 224 g/mol. The summed E-state index contributed by atoms with van der Waals surface area (Å²) in [6.45, 7) is 4.04. The van der Waals surface area contributed by atoms with E-state index in [1.807, 2.05) is 19.1 Å². The van der Waals surface area contributed by atoms with Crippen molar-refractivity contribution in [2.75, 3.05) is 0 Å². The van der Waals surface area contributed by atoms with E-state index < -0.39 is 6.04 Å². The largest absolute Gasteiger partial charge is 0.348 e. The number of carbonyl (C=O) groups is 1. The van der Waals surface area contributed by atoms with Crippen molar-refractivity contribution in [3.8, 4) is 12.3 Å². The molecule has 2 unspecified atom stereocenters. The lowest BCUT2D eigenvalue weighted by molar-refractivity contribution is -0.122. The molecule has 0 spiro atoms. The Hall–Kier alpha value is -1.79. The second-order valence-corrected chi connectivity index (χ2v) is 4.34. The lowest BCUT2D eigenvalue weighted by atomic mass is 10.0. The number of nitrogens with two attached hydrogens (primary N) is 1. The molecule has 0 aliphatic rings. The fourth-order valence-corrected chi connectivity index (χ4v) is 1.67. The number of nitrogens with one attached hydrogen (secondary N) is 1. The topological polar surface area (TPSA) is 55.1 Å². The number of terminal acetylenes is 1. The van der Waals surface area contributed by atoms with Gasteiger partial charge in [-0.05, 0) is 24.5 Å². The molecule has 0 saturated carbocycles. The highest BCUT2D eigenvalue weighted by Gasteiger charge is 2.15. The van der Waals surface area contributed by atoms with Crippen LogP contribution in [0.3, 0.4) is 0 Å². The lowest BCUT2D eigenvalue weighted by Crippen LogP contribution is -2.41. The first kappa shape index (κ1) is 14.3. The first-order chi connectivity index (χ1) is 8.58. The summed E-state index contributed by atoms with van der Waals surface area (Å²) in [6.07, 6.45) is 6.40. The zero-order chi connectivity index (χ0) is 13.5. The predicted octanol–water partition coefficient (Wildman–Crippen LogP) is 1.78. The van der Waals surface area contributed by atoms with Crippen molar-refractivity contribution in [2.45, 2.75) is 38.8 Å². The molecule has 0 radical (unpaired) electrons. The second-order valence-electron chi connectivity index (χ2n) is 4.34. The maximum Gasteiger partial charge on any atom is 0.238 e. The van der Waals surface area contributed by atoms with Gasteiger partial charge in [0.05, 0.1) is 12.1 Å². The molecule has 18 heavy (non-hydrogen) atoms. The summed E-state index contributed by atoms with van der Waals surface area (Å²) in [5, 5.41) is 2.86. The van der Waals surface area contributed by atoms with Crippen LogP contribution in [0, 0.1) is 12.3 Å². The van der Waals surface area contributed by atoms with Crippen molar-refractivity contribution >= 4 is 5.91 Å². The van der Waals surface area contributed by atoms with Gasteiger partial charge in [-0.3, -0.25) is 4.79 Å². The van der Waals surface area contributed by atoms with Crippen molar-refractivity contribution in [2.24, 2.45) is 5.73 Å². The summed E-state index contributed by atoms with van der Waals surface area (Å²) >= 11 is 0. The Kier molecular flexibility index (Phi) is 5.41. The second kappa shape index (κ2) is 6.83. The van der Waals surface area contributed by atoms with Crippen LogP contribution in [0.15, 0.2) is 24.3 Å². The van der Waals surface area contributed by atoms with Crippen LogP contribution in [0.25, 0.3) is 0 Å². The molecule has 1 rings (SSSR count). The van der Waals surface area contributed by atoms with Crippen LogP contribution >= 0.6 is 0 Å². The van der Waals surface area contributed by atoms with Gasteiger partial charge in [-0.15, -0.1) is 12.3 Å². The Morgan fingerprint density at radius 3 is 2.56 bits per heavy atom. The molecule has 0 fully saturated rings. The monoisotopic (exact) mass is 244 g/mol. The summed E-state index contributed by atoms with van der Waals surface area (Å²) in [5.41, 5.74) is 7.99. The molecule has 1 aromatic carbocycles. The number of benzene rings is 1. The summed E-state index contributed by atoms with van der Waals surface area (Å²) in [7, 11) is 0. The van der Waals surface area contributed by atoms with E-state index in [4.69, 9.17) is 12.2 Å². The fraction of sp³-hybridized carbons (Fsp3) is 0.400. The normalized spacial score (nSPS) is 13.4. The minimum atomic E-state index is -0.632. The molecule has 0 aromatic heterocycles. The molecule has 0 heterocycles. The summed E-state index contributed by atoms with van der Waals surface area (Å²) in [5.74, 6) is 2.18. The first-order valence-electron chi connectivity index (χ1n) is 6.16. The average molecular weight is 244 g/mol. The molecule has 96 valence electrons. The van der Waals surface area contributed by atoms with E-state index in [2.05, 4.69) is 30.3 Å². The third-order valence-corrected chi connectivity index (χ3v) is 2.92. The highest BCUT2D eigenvalue weighted by Crippen LogP contribution is 2.13. The van der Waals surface area contributed by atoms with Crippen LogP contribution in [0.4, 0.5) is 0 Å². The fourth-order valence-electron chi connectivity index (χ4n) is 1.67. The molecule has 3 heteroatoms. The van der Waals surface area contributed by atoms with Gasteiger partial charge in [0.15, 0.2) is 0 Å². The Labute approximate surface area is 109 Å². The maximum atomic E-state index is 11.7. The van der Waals surface area contributed by atoms with Gasteiger partial charge >= 0.3 is 0 Å². The van der Waals surface area contributed by atoms with Crippen molar-refractivity contribution < 1.29 is 4.79 Å². The maximum absolute atomic E-state index is 11.7. The summed E-state index contributed by atoms with van der Waals surface area (Å²) in [4.78, 5) is 11.7. The van der Waals surface area contributed by atoms with Gasteiger partial charge in [0.25, 0.3) is 0 Å². The number of carbonyl (C=O) groups excluding carboxylic acids is 1. The van der Waals surface area contributed by atoms with Crippen molar-refractivity contribution in [3.05, 3.63) is 35.4 Å². The van der Waals surface area contributed by atoms with Crippen molar-refractivity contribution in [1.29, 1.82) is 0 Å². The molecule has 0 aliphatic carbocycles.